The summed E-state index contributed by atoms with van der Waals surface area (Å²) in [4.78, 5) is 0. The normalized spacial score (nSPS) is 34.0. The number of nitrogens with one attached hydrogen (secondary N) is 2. The molecule has 2 aromatic rings. The highest BCUT2D eigenvalue weighted by Gasteiger charge is 2.42. The van der Waals surface area contributed by atoms with Gasteiger partial charge in [-0.05, 0) is 449 Å². The summed E-state index contributed by atoms with van der Waals surface area (Å²) >= 11 is 0. The lowest BCUT2D eigenvalue weighted by molar-refractivity contribution is 0.0470. The summed E-state index contributed by atoms with van der Waals surface area (Å²) < 4.78 is 0. The van der Waals surface area contributed by atoms with E-state index in [1.54, 1.807) is 0 Å². The van der Waals surface area contributed by atoms with Gasteiger partial charge in [0.1, 0.15) is 0 Å². The summed E-state index contributed by atoms with van der Waals surface area (Å²) in [6, 6.07) is 20.1. The van der Waals surface area contributed by atoms with Crippen LogP contribution in [0, 0.1) is 122 Å². The molecule has 0 aromatic heterocycles. The zero-order chi connectivity index (χ0) is 104. The third-order valence-electron chi connectivity index (χ3n) is 37.3. The van der Waals surface area contributed by atoms with Crippen molar-refractivity contribution in [2.45, 2.75) is 513 Å². The lowest BCUT2D eigenvalue weighted by atomic mass is 9.60. The Morgan fingerprint density at radius 1 is 0.400 bits per heavy atom. The van der Waals surface area contributed by atoms with E-state index < -0.39 is 0 Å². The predicted molar refractivity (Wildman–Crippen MR) is 612 cm³/mol. The van der Waals surface area contributed by atoms with Gasteiger partial charge in [-0.1, -0.05) is 223 Å². The maximum absolute atomic E-state index is 6.11. The van der Waals surface area contributed by atoms with Crippen LogP contribution in [0.4, 0.5) is 0 Å². The molecule has 140 heavy (non-hydrogen) atoms. The van der Waals surface area contributed by atoms with Crippen molar-refractivity contribution in [3.8, 4) is 0 Å². The summed E-state index contributed by atoms with van der Waals surface area (Å²) in [7, 11) is 0. The quantitative estimate of drug-likeness (QED) is 0.0694. The third kappa shape index (κ3) is 54.4. The first kappa shape index (κ1) is 130. The molecule has 0 spiro atoms. The van der Waals surface area contributed by atoms with Gasteiger partial charge in [-0.2, -0.15) is 0 Å². The molecule has 19 nitrogen and oxygen atoms in total. The maximum atomic E-state index is 6.11. The SMILES string of the molecule is CC1(C)CC(N)CC(C)(CN)C1.CC1(C)CCC(C(C)(C)N)CC1.CC1CCC(C(C)(C)C2CCC(N)CC2)CC1.CC1CCC(C(C)C2CCC(N)CC2)CC1.CC1CCC(CC2CCC(N)C(C)C2)CC1C.CC1CCCN1.CCC1CCCC(CN)C1.CCc1ccc(CN)cc1.NC1CCCCC1N.NC1CCNC1.NCC1CCC(CN)CC1.NCc1cccc(CN)c1.NN1CCCC1. The second-order valence-corrected chi connectivity index (χ2v) is 52.0. The van der Waals surface area contributed by atoms with Crippen LogP contribution in [0.15, 0.2) is 48.5 Å². The van der Waals surface area contributed by atoms with Crippen molar-refractivity contribution in [2.24, 2.45) is 214 Å². The van der Waals surface area contributed by atoms with Crippen LogP contribution in [0.3, 0.4) is 0 Å². The topological polar surface area (TPSA) is 444 Å². The van der Waals surface area contributed by atoms with Gasteiger partial charge in [-0.25, -0.2) is 5.01 Å². The predicted octanol–water partition coefficient (Wildman–Crippen LogP) is 22.4. The lowest BCUT2D eigenvalue weighted by Crippen LogP contribution is -2.45. The molecule has 3 heterocycles. The molecule has 15 unspecified atom stereocenters. The van der Waals surface area contributed by atoms with Crippen LogP contribution in [0.25, 0.3) is 0 Å². The Morgan fingerprint density at radius 3 is 1.25 bits per heavy atom. The van der Waals surface area contributed by atoms with Crippen molar-refractivity contribution in [3.63, 3.8) is 0 Å². The number of hydrazine groups is 1. The molecule has 34 N–H and O–H groups in total. The van der Waals surface area contributed by atoms with Crippen LogP contribution in [0.2, 0.25) is 0 Å². The highest BCUT2D eigenvalue weighted by atomic mass is 15.4. The first-order valence-electron chi connectivity index (χ1n) is 59.4. The highest BCUT2D eigenvalue weighted by Crippen LogP contribution is 2.51. The van der Waals surface area contributed by atoms with Crippen molar-refractivity contribution >= 4 is 0 Å². The standard InChI is InChI=1S/2C16H31N.C15H29N.C11H23N.C10H22N2.C9H13N.C9H19N.C8H18N2.C8H12N2.C6H14N2.C5H11N.2C4H10N2/c1-12-4-6-13(7-5-12)16(2,3)14-8-10-15(17)11-9-14;1-11-4-5-14(8-12(11)2)10-15-6-7-16(17)13(3)9-15;1-11-3-5-13(6-4-11)12(2)14-7-9-15(16)10-8-14;1-10(2)7-5-9(6-8-10)11(3,4)12;1-9(2)4-8(12)5-10(3,6-9)7-11;1-2-8-3-5-9(7-10)6-4-8;1-2-8-4-3-5-9(6-8)7-10;9-5-7-1-2-8(6-10)4-3-7;9-5-7-2-1-3-8(4-7)6-10;7-5-3-1-2-4-6(5)8;1-5-3-2-4-6-5;5-4-1-2-6-3-4;5-6-3-1-2-4-6/h12-15H,4-11,17H2,1-3H3;11-16H,4-10,17H2,1-3H3;11-15H,3-10,16H2,1-2H3;9H,5-8,12H2,1-4H3;8H,4-7,11-12H2,1-3H3;3-6H,2,7,10H2,1H3;8-9H,2-7,10H2,1H3;7-8H,1-6,9-10H2;1-4H,5-6,9-10H2;5-6H,1-4,7-8H2;5-6H,2-4H2,1H3;4,6H,1-3,5H2;1-5H2. The maximum Gasteiger partial charge on any atom is 0.0192 e. The van der Waals surface area contributed by atoms with Gasteiger partial charge in [0.15, 0.2) is 0 Å². The molecule has 822 valence electrons. The number of aryl methyl sites for hydroxylation is 1. The second kappa shape index (κ2) is 70.7. The average molecular weight is 1960 g/mol. The molecule has 3 saturated heterocycles. The number of rotatable bonds is 16. The third-order valence-corrected chi connectivity index (χ3v) is 37.3. The fourth-order valence-corrected chi connectivity index (χ4v) is 26.1. The molecule has 11 saturated carbocycles. The van der Waals surface area contributed by atoms with Crippen LogP contribution in [0.5, 0.6) is 0 Å². The van der Waals surface area contributed by atoms with E-state index >= 15 is 0 Å². The Labute approximate surface area is 867 Å². The van der Waals surface area contributed by atoms with Gasteiger partial charge in [0, 0.05) is 93.1 Å². The Kier molecular flexibility index (Phi) is 65.6. The van der Waals surface area contributed by atoms with Crippen molar-refractivity contribution < 1.29 is 0 Å². The van der Waals surface area contributed by atoms with Crippen molar-refractivity contribution in [2.75, 3.05) is 58.9 Å². The molecule has 19 heteroatoms. The van der Waals surface area contributed by atoms with Gasteiger partial charge < -0.3 is 96.6 Å². The Balaban J connectivity index is 0.000000320. The van der Waals surface area contributed by atoms with Gasteiger partial charge in [0.25, 0.3) is 0 Å². The van der Waals surface area contributed by atoms with Crippen LogP contribution >= 0.6 is 0 Å². The summed E-state index contributed by atoms with van der Waals surface area (Å²) in [5.74, 6) is 21.0. The molecule has 11 aliphatic carbocycles. The number of hydrogen-bond acceptors (Lipinski definition) is 19. The van der Waals surface area contributed by atoms with E-state index in [0.717, 1.165) is 209 Å². The molecule has 14 aliphatic rings. The van der Waals surface area contributed by atoms with E-state index in [4.69, 9.17) is 91.8 Å². The molecule has 0 radical (unpaired) electrons. The van der Waals surface area contributed by atoms with Crippen molar-refractivity contribution in [3.05, 3.63) is 70.8 Å². The van der Waals surface area contributed by atoms with Crippen LogP contribution < -0.4 is 102 Å². The van der Waals surface area contributed by atoms with Crippen LogP contribution in [-0.4, -0.2) is 118 Å². The van der Waals surface area contributed by atoms with Crippen molar-refractivity contribution in [1.29, 1.82) is 0 Å². The van der Waals surface area contributed by atoms with E-state index in [2.05, 4.69) is 160 Å². The fourth-order valence-electron chi connectivity index (χ4n) is 26.1. The Hall–Kier alpha value is -2.32. The summed E-state index contributed by atoms with van der Waals surface area (Å²) in [5.41, 5.74) is 92.5. The van der Waals surface area contributed by atoms with E-state index in [9.17, 15) is 0 Å². The second-order valence-electron chi connectivity index (χ2n) is 52.0. The Morgan fingerprint density at radius 2 is 0.864 bits per heavy atom. The van der Waals surface area contributed by atoms with Crippen molar-refractivity contribution in [1.82, 2.24) is 15.6 Å². The molecule has 0 bridgehead atoms. The van der Waals surface area contributed by atoms with Gasteiger partial charge in [0.2, 0.25) is 0 Å². The summed E-state index contributed by atoms with van der Waals surface area (Å²) in [6.07, 6.45) is 65.8. The van der Waals surface area contributed by atoms with Gasteiger partial charge >= 0.3 is 0 Å². The zero-order valence-electron chi connectivity index (χ0n) is 95.4. The summed E-state index contributed by atoms with van der Waals surface area (Å²) in [5, 5.41) is 8.33. The molecular formula is C121H243N19. The Bertz CT molecular complexity index is 3090. The molecular weight excluding hydrogens is 1720 g/mol. The molecule has 14 fully saturated rings. The van der Waals surface area contributed by atoms with E-state index in [1.807, 2.05) is 29.3 Å². The highest BCUT2D eigenvalue weighted by molar-refractivity contribution is 5.23. The molecule has 0 amide bonds. The van der Waals surface area contributed by atoms with E-state index in [1.165, 1.54) is 294 Å². The lowest BCUT2D eigenvalue weighted by Gasteiger charge is -2.46. The van der Waals surface area contributed by atoms with Crippen LogP contribution in [0.1, 0.15) is 455 Å². The molecule has 3 aliphatic heterocycles. The minimum absolute atomic E-state index is 0.0382. The molecule has 2 aromatic carbocycles. The van der Waals surface area contributed by atoms with Crippen LogP contribution in [-0.2, 0) is 26.1 Å². The first-order valence-corrected chi connectivity index (χ1v) is 59.4. The average Bonchev–Trinajstić information content (AvgIpc) is 0.937. The monoisotopic (exact) mass is 1960 g/mol. The number of benzene rings is 2. The summed E-state index contributed by atoms with van der Waals surface area (Å²) in [6.45, 7) is 53.0. The first-order chi connectivity index (χ1) is 66.3. The number of hydrogen-bond donors (Lipinski definition) is 18. The van der Waals surface area contributed by atoms with E-state index in [-0.39, 0.29) is 23.0 Å². The van der Waals surface area contributed by atoms with Gasteiger partial charge in [-0.3, -0.25) is 5.84 Å². The fraction of sp³-hybridized carbons (Fsp3) is 0.901. The molecule has 15 atom stereocenters. The van der Waals surface area contributed by atoms with Gasteiger partial charge in [-0.15, -0.1) is 0 Å². The minimum atomic E-state index is 0.0382. The molecule has 16 rings (SSSR count). The zero-order valence-corrected chi connectivity index (χ0v) is 95.4. The largest absolute Gasteiger partial charge is 0.330 e. The van der Waals surface area contributed by atoms with E-state index in [0.29, 0.717) is 66.1 Å². The number of nitrogens with two attached hydrogens (primary N) is 16. The minimum Gasteiger partial charge on any atom is -0.330 e. The number of nitrogens with zero attached hydrogens (tertiary/aromatic N) is 1. The van der Waals surface area contributed by atoms with Gasteiger partial charge in [0.05, 0.1) is 0 Å². The smallest absolute Gasteiger partial charge is 0.0192 e.